The lowest BCUT2D eigenvalue weighted by Crippen LogP contribution is -2.15. The minimum atomic E-state index is -0.319. The summed E-state index contributed by atoms with van der Waals surface area (Å²) in [6.07, 6.45) is 2.62. The molecule has 3 rings (SSSR count). The number of rotatable bonds is 8. The lowest BCUT2D eigenvalue weighted by atomic mass is 10.1. The van der Waals surface area contributed by atoms with Crippen molar-refractivity contribution < 1.29 is 4.79 Å². The van der Waals surface area contributed by atoms with E-state index in [4.69, 9.17) is 5.73 Å². The number of primary amides is 1. The van der Waals surface area contributed by atoms with Crippen molar-refractivity contribution in [3.8, 4) is 0 Å². The lowest BCUT2D eigenvalue weighted by molar-refractivity contribution is -0.118. The van der Waals surface area contributed by atoms with Crippen LogP contribution in [-0.4, -0.2) is 25.7 Å². The number of thioether (sulfide) groups is 1. The molecule has 2 heterocycles. The minimum absolute atomic E-state index is 0.286. The third-order valence-corrected chi connectivity index (χ3v) is 5.02. The van der Waals surface area contributed by atoms with Crippen LogP contribution in [0.5, 0.6) is 0 Å². The first kappa shape index (κ1) is 18.4. The predicted octanol–water partition coefficient (Wildman–Crippen LogP) is 3.19. The first-order valence-electron chi connectivity index (χ1n) is 8.70. The lowest BCUT2D eigenvalue weighted by Gasteiger charge is -2.12. The molecule has 6 nitrogen and oxygen atoms in total. The Kier molecular flexibility index (Phi) is 5.88. The van der Waals surface area contributed by atoms with E-state index in [1.165, 1.54) is 5.56 Å². The van der Waals surface area contributed by atoms with E-state index < -0.39 is 0 Å². The summed E-state index contributed by atoms with van der Waals surface area (Å²) in [4.78, 5) is 15.6. The van der Waals surface area contributed by atoms with Gasteiger partial charge in [0.05, 0.1) is 5.52 Å². The van der Waals surface area contributed by atoms with Gasteiger partial charge in [0.25, 0.3) is 0 Å². The molecule has 0 aliphatic rings. The fraction of sp³-hybridized carbons (Fsp3) is 0.368. The largest absolute Gasteiger partial charge is 0.370 e. The number of pyridine rings is 1. The van der Waals surface area contributed by atoms with Gasteiger partial charge in [-0.05, 0) is 17.5 Å². The fourth-order valence-electron chi connectivity index (χ4n) is 2.82. The Bertz CT molecular complexity index is 901. The Balaban J connectivity index is 1.81. The summed E-state index contributed by atoms with van der Waals surface area (Å²) in [5.41, 5.74) is 7.47. The molecule has 7 heteroatoms. The molecular weight excluding hydrogens is 346 g/mol. The van der Waals surface area contributed by atoms with Gasteiger partial charge in [-0.3, -0.25) is 9.78 Å². The predicted molar refractivity (Wildman–Crippen MR) is 104 cm³/mol. The summed E-state index contributed by atoms with van der Waals surface area (Å²) in [5, 5.41) is 10.6. The van der Waals surface area contributed by atoms with E-state index >= 15 is 0 Å². The van der Waals surface area contributed by atoms with E-state index in [1.54, 1.807) is 11.8 Å². The Morgan fingerprint density at radius 1 is 1.23 bits per heavy atom. The molecule has 0 aliphatic heterocycles. The molecule has 2 aromatic heterocycles. The van der Waals surface area contributed by atoms with Gasteiger partial charge in [-0.25, -0.2) is 0 Å². The number of para-hydroxylation sites is 1. The first-order valence-corrected chi connectivity index (χ1v) is 9.69. The van der Waals surface area contributed by atoms with Gasteiger partial charge in [0.2, 0.25) is 5.91 Å². The maximum atomic E-state index is 11.1. The smallest absolute Gasteiger partial charge is 0.217 e. The van der Waals surface area contributed by atoms with E-state index in [0.717, 1.165) is 34.2 Å². The first-order chi connectivity index (χ1) is 12.5. The topological polar surface area (TPSA) is 86.7 Å². The van der Waals surface area contributed by atoms with Crippen molar-refractivity contribution in [1.29, 1.82) is 0 Å². The van der Waals surface area contributed by atoms with Crippen molar-refractivity contribution in [3.05, 3.63) is 47.9 Å². The molecule has 0 aliphatic carbocycles. The number of benzene rings is 1. The molecule has 0 fully saturated rings. The summed E-state index contributed by atoms with van der Waals surface area (Å²) in [6, 6.07) is 10.2. The number of nitrogens with zero attached hydrogens (tertiary/aromatic N) is 4. The highest BCUT2D eigenvalue weighted by molar-refractivity contribution is 7.98. The number of amides is 1. The third-order valence-electron chi connectivity index (χ3n) is 4.01. The van der Waals surface area contributed by atoms with Crippen molar-refractivity contribution in [2.75, 3.05) is 0 Å². The van der Waals surface area contributed by atoms with Crippen LogP contribution < -0.4 is 5.73 Å². The third kappa shape index (κ3) is 4.40. The van der Waals surface area contributed by atoms with Gasteiger partial charge >= 0.3 is 0 Å². The molecule has 0 saturated heterocycles. The van der Waals surface area contributed by atoms with Gasteiger partial charge in [0.1, 0.15) is 5.82 Å². The van der Waals surface area contributed by atoms with Crippen LogP contribution in [-0.2, 0) is 23.5 Å². The number of fused-ring (bicyclic) bond motifs is 1. The Morgan fingerprint density at radius 3 is 2.81 bits per heavy atom. The molecule has 2 N–H and O–H groups in total. The van der Waals surface area contributed by atoms with Gasteiger partial charge in [0.15, 0.2) is 5.16 Å². The molecule has 1 aromatic carbocycles. The van der Waals surface area contributed by atoms with Gasteiger partial charge < -0.3 is 10.3 Å². The second kappa shape index (κ2) is 8.31. The second-order valence-electron chi connectivity index (χ2n) is 6.65. The molecular formula is C19H23N5OS. The van der Waals surface area contributed by atoms with Crippen molar-refractivity contribution in [2.45, 2.75) is 44.1 Å². The van der Waals surface area contributed by atoms with Gasteiger partial charge in [-0.15, -0.1) is 10.2 Å². The molecule has 0 spiro atoms. The number of nitrogens with two attached hydrogens (primary N) is 1. The van der Waals surface area contributed by atoms with Crippen LogP contribution in [0.4, 0.5) is 0 Å². The fourth-order valence-corrected chi connectivity index (χ4v) is 3.77. The molecule has 0 atom stereocenters. The van der Waals surface area contributed by atoms with Gasteiger partial charge in [-0.2, -0.15) is 0 Å². The van der Waals surface area contributed by atoms with Crippen LogP contribution in [0.1, 0.15) is 31.7 Å². The highest BCUT2D eigenvalue weighted by Gasteiger charge is 2.15. The molecule has 26 heavy (non-hydrogen) atoms. The Hall–Kier alpha value is -2.41. The number of carbonyl (C=O) groups excluding carboxylic acids is 1. The summed E-state index contributed by atoms with van der Waals surface area (Å²) in [5.74, 6) is 1.72. The number of hydrogen-bond donors (Lipinski definition) is 1. The molecule has 0 bridgehead atoms. The van der Waals surface area contributed by atoms with E-state index in [9.17, 15) is 4.79 Å². The highest BCUT2D eigenvalue weighted by atomic mass is 32.2. The Morgan fingerprint density at radius 2 is 2.04 bits per heavy atom. The van der Waals surface area contributed by atoms with E-state index in [2.05, 4.69) is 57.9 Å². The van der Waals surface area contributed by atoms with Crippen LogP contribution in [0, 0.1) is 5.92 Å². The van der Waals surface area contributed by atoms with E-state index in [1.807, 2.05) is 12.3 Å². The molecule has 0 radical (unpaired) electrons. The molecule has 136 valence electrons. The summed E-state index contributed by atoms with van der Waals surface area (Å²) in [6.45, 7) is 5.12. The monoisotopic (exact) mass is 369 g/mol. The standard InChI is InChI=1S/C19H23N5OS/c1-13(2)11-24-17(9-8-16(20)25)22-23-19(24)26-12-15-6-3-5-14-7-4-10-21-18(14)15/h3-7,10,13H,8-9,11-12H2,1-2H3,(H2,20,25). The summed E-state index contributed by atoms with van der Waals surface area (Å²) in [7, 11) is 0. The van der Waals surface area contributed by atoms with Crippen molar-refractivity contribution in [1.82, 2.24) is 19.7 Å². The van der Waals surface area contributed by atoms with Crippen LogP contribution >= 0.6 is 11.8 Å². The normalized spacial score (nSPS) is 11.3. The molecule has 0 unspecified atom stereocenters. The number of carbonyl (C=O) groups is 1. The maximum absolute atomic E-state index is 11.1. The Labute approximate surface area is 157 Å². The zero-order valence-corrected chi connectivity index (χ0v) is 15.9. The molecule has 1 amide bonds. The van der Waals surface area contributed by atoms with Crippen molar-refractivity contribution >= 4 is 28.6 Å². The number of aryl methyl sites for hydroxylation is 1. The molecule has 0 saturated carbocycles. The van der Waals surface area contributed by atoms with Crippen molar-refractivity contribution in [3.63, 3.8) is 0 Å². The zero-order valence-electron chi connectivity index (χ0n) is 15.1. The van der Waals surface area contributed by atoms with E-state index in [-0.39, 0.29) is 12.3 Å². The van der Waals surface area contributed by atoms with Gasteiger partial charge in [-0.1, -0.05) is 49.9 Å². The number of aromatic nitrogens is 4. The summed E-state index contributed by atoms with van der Waals surface area (Å²) < 4.78 is 2.11. The SMILES string of the molecule is CC(C)Cn1c(CCC(N)=O)nnc1SCc1cccc2cccnc12. The van der Waals surface area contributed by atoms with Crippen LogP contribution in [0.15, 0.2) is 41.7 Å². The van der Waals surface area contributed by atoms with E-state index in [0.29, 0.717) is 12.3 Å². The molecule has 3 aromatic rings. The van der Waals surface area contributed by atoms with Crippen LogP contribution in [0.2, 0.25) is 0 Å². The summed E-state index contributed by atoms with van der Waals surface area (Å²) >= 11 is 1.65. The van der Waals surface area contributed by atoms with Gasteiger partial charge in [0, 0.05) is 36.7 Å². The average Bonchev–Trinajstić information content (AvgIpc) is 2.99. The minimum Gasteiger partial charge on any atom is -0.370 e. The zero-order chi connectivity index (χ0) is 18.5. The maximum Gasteiger partial charge on any atom is 0.217 e. The highest BCUT2D eigenvalue weighted by Crippen LogP contribution is 2.26. The van der Waals surface area contributed by atoms with Crippen molar-refractivity contribution in [2.24, 2.45) is 11.7 Å². The quantitative estimate of drug-likeness (QED) is 0.616. The van der Waals surface area contributed by atoms with Crippen LogP contribution in [0.25, 0.3) is 10.9 Å². The number of hydrogen-bond acceptors (Lipinski definition) is 5. The van der Waals surface area contributed by atoms with Crippen LogP contribution in [0.3, 0.4) is 0 Å². The average molecular weight is 369 g/mol. The second-order valence-corrected chi connectivity index (χ2v) is 7.59.